The van der Waals surface area contributed by atoms with Gasteiger partial charge in [0.2, 0.25) is 0 Å². The number of hydrogen-bond donors (Lipinski definition) is 0. The summed E-state index contributed by atoms with van der Waals surface area (Å²) in [5, 5.41) is 4.96. The van der Waals surface area contributed by atoms with Gasteiger partial charge in [0.1, 0.15) is 0 Å². The summed E-state index contributed by atoms with van der Waals surface area (Å²) < 4.78 is 0. The highest BCUT2D eigenvalue weighted by molar-refractivity contribution is 6.07. The molecule has 0 saturated carbocycles. The van der Waals surface area contributed by atoms with Crippen molar-refractivity contribution in [2.45, 2.75) is 38.5 Å². The van der Waals surface area contributed by atoms with E-state index in [2.05, 4.69) is 198 Å². The highest BCUT2D eigenvalue weighted by Crippen LogP contribution is 2.55. The summed E-state index contributed by atoms with van der Waals surface area (Å²) in [5.74, 6) is 0.725. The Kier molecular flexibility index (Phi) is 6.98. The van der Waals surface area contributed by atoms with E-state index in [1.165, 1.54) is 71.8 Å². The molecule has 56 heavy (non-hydrogen) atoms. The lowest BCUT2D eigenvalue weighted by atomic mass is 9.77. The molecule has 0 N–H and O–H groups in total. The van der Waals surface area contributed by atoms with E-state index in [0.29, 0.717) is 0 Å². The lowest BCUT2D eigenvalue weighted by molar-refractivity contribution is 0.660. The van der Waals surface area contributed by atoms with E-state index in [4.69, 9.17) is 9.97 Å². The number of fused-ring (bicyclic) bond motifs is 9. The number of hydrogen-bond acceptors (Lipinski definition) is 2. The predicted molar refractivity (Wildman–Crippen MR) is 234 cm³/mol. The lowest BCUT2D eigenvalue weighted by Gasteiger charge is -2.26. The first kappa shape index (κ1) is 32.8. The van der Waals surface area contributed by atoms with Crippen LogP contribution in [0.3, 0.4) is 0 Å². The van der Waals surface area contributed by atoms with E-state index in [1.54, 1.807) is 0 Å². The molecule has 11 rings (SSSR count). The molecule has 2 aliphatic carbocycles. The van der Waals surface area contributed by atoms with Crippen LogP contribution in [0, 0.1) is 0 Å². The second-order valence-corrected chi connectivity index (χ2v) is 16.5. The van der Waals surface area contributed by atoms with Crippen molar-refractivity contribution in [3.63, 3.8) is 0 Å². The maximum Gasteiger partial charge on any atom is 0.161 e. The van der Waals surface area contributed by atoms with E-state index < -0.39 is 0 Å². The van der Waals surface area contributed by atoms with Crippen molar-refractivity contribution in [3.8, 4) is 67.3 Å². The Bertz CT molecular complexity index is 3080. The summed E-state index contributed by atoms with van der Waals surface area (Å²) in [4.78, 5) is 10.7. The SMILES string of the molecule is CC1(C)c2ccccc2-c2cc(-c3cc(-c4ccccc4)nc(-c4ccc(-c5cccc6c5C(C)(C)c5c-6ccc6ccccc56)c5ccccc45)n3)ccc21. The molecule has 0 fully saturated rings. The molecular weight excluding hydrogens is 677 g/mol. The van der Waals surface area contributed by atoms with Gasteiger partial charge in [0.05, 0.1) is 11.4 Å². The third kappa shape index (κ3) is 4.69. The van der Waals surface area contributed by atoms with Crippen LogP contribution in [0.1, 0.15) is 49.9 Å². The molecule has 2 nitrogen and oxygen atoms in total. The van der Waals surface area contributed by atoms with Gasteiger partial charge in [-0.1, -0.05) is 179 Å². The summed E-state index contributed by atoms with van der Waals surface area (Å²) in [6, 6.07) is 61.9. The van der Waals surface area contributed by atoms with Gasteiger partial charge >= 0.3 is 0 Å². The molecule has 0 saturated heterocycles. The van der Waals surface area contributed by atoms with Crippen molar-refractivity contribution in [2.24, 2.45) is 0 Å². The third-order valence-corrected chi connectivity index (χ3v) is 12.7. The Morgan fingerprint density at radius 3 is 1.71 bits per heavy atom. The highest BCUT2D eigenvalue weighted by atomic mass is 14.9. The van der Waals surface area contributed by atoms with E-state index in [-0.39, 0.29) is 10.8 Å². The van der Waals surface area contributed by atoms with Gasteiger partial charge in [-0.3, -0.25) is 0 Å². The van der Waals surface area contributed by atoms with Crippen LogP contribution in [0.5, 0.6) is 0 Å². The quantitative estimate of drug-likeness (QED) is 0.181. The van der Waals surface area contributed by atoms with Crippen LogP contribution in [-0.2, 0) is 10.8 Å². The Labute approximate surface area is 328 Å². The van der Waals surface area contributed by atoms with E-state index in [0.717, 1.165) is 39.3 Å². The first-order chi connectivity index (χ1) is 27.3. The van der Waals surface area contributed by atoms with E-state index in [9.17, 15) is 0 Å². The highest BCUT2D eigenvalue weighted by Gasteiger charge is 2.39. The van der Waals surface area contributed by atoms with Gasteiger partial charge in [-0.15, -0.1) is 0 Å². The first-order valence-corrected chi connectivity index (χ1v) is 19.7. The lowest BCUT2D eigenvalue weighted by Crippen LogP contribution is -2.17. The molecule has 0 amide bonds. The minimum atomic E-state index is -0.185. The van der Waals surface area contributed by atoms with Crippen molar-refractivity contribution < 1.29 is 0 Å². The van der Waals surface area contributed by atoms with Crippen molar-refractivity contribution in [2.75, 3.05) is 0 Å². The minimum absolute atomic E-state index is 0.0538. The van der Waals surface area contributed by atoms with Crippen LogP contribution in [0.2, 0.25) is 0 Å². The van der Waals surface area contributed by atoms with Gasteiger partial charge in [-0.2, -0.15) is 0 Å². The first-order valence-electron chi connectivity index (χ1n) is 19.7. The van der Waals surface area contributed by atoms with Gasteiger partial charge in [0.25, 0.3) is 0 Å². The maximum absolute atomic E-state index is 5.40. The molecule has 1 aromatic heterocycles. The second kappa shape index (κ2) is 11.9. The monoisotopic (exact) mass is 716 g/mol. The number of nitrogens with zero attached hydrogens (tertiary/aromatic N) is 2. The largest absolute Gasteiger partial charge is 0.228 e. The molecule has 2 heteroatoms. The van der Waals surface area contributed by atoms with Gasteiger partial charge < -0.3 is 0 Å². The minimum Gasteiger partial charge on any atom is -0.228 e. The van der Waals surface area contributed by atoms with Crippen molar-refractivity contribution in [1.82, 2.24) is 9.97 Å². The standard InChI is InChI=1S/C54H40N2/c1-53(2)46-24-13-12-21-40(46)45-31-35(26-30-47(45)53)49-32-48(34-16-6-5-7-17-34)55-52(56-49)44-29-28-39(37-19-10-11-20-38(37)44)41-22-14-23-42-43-27-25-33-15-8-9-18-36(33)50(43)54(3,4)51(41)42/h5-32H,1-4H3. The van der Waals surface area contributed by atoms with E-state index in [1.807, 2.05) is 0 Å². The fourth-order valence-corrected chi connectivity index (χ4v) is 10.0. The van der Waals surface area contributed by atoms with Gasteiger partial charge in [-0.05, 0) is 95.4 Å². The van der Waals surface area contributed by atoms with Crippen LogP contribution in [0.15, 0.2) is 170 Å². The zero-order chi connectivity index (χ0) is 37.8. The number of benzene rings is 8. The van der Waals surface area contributed by atoms with Gasteiger partial charge in [0.15, 0.2) is 5.82 Å². The molecule has 0 unspecified atom stereocenters. The van der Waals surface area contributed by atoms with Crippen LogP contribution in [0.25, 0.3) is 88.8 Å². The Balaban J connectivity index is 1.10. The molecule has 0 spiro atoms. The second-order valence-electron chi connectivity index (χ2n) is 16.5. The normalized spacial score (nSPS) is 14.4. The average Bonchev–Trinajstić information content (AvgIpc) is 3.63. The average molecular weight is 717 g/mol. The zero-order valence-corrected chi connectivity index (χ0v) is 32.1. The van der Waals surface area contributed by atoms with Crippen molar-refractivity contribution >= 4 is 21.5 Å². The summed E-state index contributed by atoms with van der Waals surface area (Å²) in [7, 11) is 0. The topological polar surface area (TPSA) is 25.8 Å². The van der Waals surface area contributed by atoms with Crippen LogP contribution < -0.4 is 0 Å². The molecule has 0 radical (unpaired) electrons. The van der Waals surface area contributed by atoms with Crippen LogP contribution in [-0.4, -0.2) is 9.97 Å². The van der Waals surface area contributed by atoms with Gasteiger partial charge in [-0.25, -0.2) is 9.97 Å². The molecule has 2 aliphatic rings. The smallest absolute Gasteiger partial charge is 0.161 e. The number of rotatable bonds is 4. The fourth-order valence-electron chi connectivity index (χ4n) is 10.0. The van der Waals surface area contributed by atoms with Crippen LogP contribution in [0.4, 0.5) is 0 Å². The summed E-state index contributed by atoms with van der Waals surface area (Å²) in [6.07, 6.45) is 0. The molecule has 0 bridgehead atoms. The fraction of sp³-hybridized carbons (Fsp3) is 0.111. The summed E-state index contributed by atoms with van der Waals surface area (Å²) >= 11 is 0. The summed E-state index contributed by atoms with van der Waals surface area (Å²) in [6.45, 7) is 9.45. The van der Waals surface area contributed by atoms with Crippen molar-refractivity contribution in [1.29, 1.82) is 0 Å². The molecule has 8 aromatic carbocycles. The molecule has 9 aromatic rings. The van der Waals surface area contributed by atoms with E-state index >= 15 is 0 Å². The zero-order valence-electron chi connectivity index (χ0n) is 32.1. The van der Waals surface area contributed by atoms with Crippen LogP contribution >= 0.6 is 0 Å². The molecule has 0 aliphatic heterocycles. The Hall–Kier alpha value is -6.64. The van der Waals surface area contributed by atoms with Crippen molar-refractivity contribution in [3.05, 3.63) is 192 Å². The number of aromatic nitrogens is 2. The summed E-state index contributed by atoms with van der Waals surface area (Å²) in [5.41, 5.74) is 18.1. The molecule has 1 heterocycles. The molecular formula is C54H40N2. The maximum atomic E-state index is 5.40. The Morgan fingerprint density at radius 2 is 0.911 bits per heavy atom. The molecule has 0 atom stereocenters. The molecule has 266 valence electrons. The third-order valence-electron chi connectivity index (χ3n) is 12.7. The van der Waals surface area contributed by atoms with Gasteiger partial charge in [0, 0.05) is 27.5 Å². The predicted octanol–water partition coefficient (Wildman–Crippen LogP) is 14.1. The Morgan fingerprint density at radius 1 is 0.339 bits per heavy atom.